The molecule has 0 aromatic heterocycles. The Balaban J connectivity index is 2.45. The van der Waals surface area contributed by atoms with Crippen molar-refractivity contribution in [3.05, 3.63) is 0 Å². The van der Waals surface area contributed by atoms with E-state index in [1.165, 1.54) is 0 Å². The van der Waals surface area contributed by atoms with Crippen LogP contribution in [0, 0.1) is 0 Å². The van der Waals surface area contributed by atoms with E-state index in [2.05, 4.69) is 0 Å². The quantitative estimate of drug-likeness (QED) is 0.580. The lowest BCUT2D eigenvalue weighted by molar-refractivity contribution is 0.00755. The van der Waals surface area contributed by atoms with Crippen LogP contribution in [0.1, 0.15) is 12.8 Å². The van der Waals surface area contributed by atoms with E-state index >= 15 is 0 Å². The summed E-state index contributed by atoms with van der Waals surface area (Å²) < 4.78 is 13.3. The van der Waals surface area contributed by atoms with E-state index in [9.17, 15) is 4.39 Å². The zero-order chi connectivity index (χ0) is 7.61. The number of hydrogen-bond donors (Lipinski definition) is 1. The zero-order valence-electron chi connectivity index (χ0n) is 6.31. The highest BCUT2D eigenvalue weighted by atomic mass is 19.1. The Kier molecular flexibility index (Phi) is 2.26. The molecule has 0 amide bonds. The van der Waals surface area contributed by atoms with Gasteiger partial charge in [-0.3, -0.25) is 0 Å². The molecular formula is C7H14FNO. The predicted molar refractivity (Wildman–Crippen MR) is 37.7 cm³/mol. The number of rotatable bonds is 1. The first-order chi connectivity index (χ1) is 4.66. The minimum Gasteiger partial charge on any atom is -0.393 e. The molecule has 0 aromatic rings. The summed E-state index contributed by atoms with van der Waals surface area (Å²) in [5.74, 6) is 0. The molecule has 1 heterocycles. The van der Waals surface area contributed by atoms with Crippen LogP contribution < -0.4 is 0 Å². The van der Waals surface area contributed by atoms with Crippen molar-refractivity contribution in [1.29, 1.82) is 0 Å². The minimum atomic E-state index is -1.33. The topological polar surface area (TPSA) is 23.5 Å². The van der Waals surface area contributed by atoms with Gasteiger partial charge in [0.1, 0.15) is 5.67 Å². The average Bonchev–Trinajstić information content (AvgIpc) is 1.88. The number of nitrogens with zero attached hydrogens (tertiary/aromatic N) is 1. The van der Waals surface area contributed by atoms with Crippen LogP contribution in [0.15, 0.2) is 0 Å². The fourth-order valence-electron chi connectivity index (χ4n) is 1.44. The molecule has 0 spiro atoms. The molecule has 0 saturated carbocycles. The number of hydrogen-bond acceptors (Lipinski definition) is 2. The molecule has 3 heteroatoms. The Morgan fingerprint density at radius 2 is 2.40 bits per heavy atom. The highest BCUT2D eigenvalue weighted by Crippen LogP contribution is 2.23. The number of halogens is 1. The van der Waals surface area contributed by atoms with Gasteiger partial charge >= 0.3 is 0 Å². The molecule has 1 saturated heterocycles. The van der Waals surface area contributed by atoms with Gasteiger partial charge in [0, 0.05) is 6.54 Å². The molecular weight excluding hydrogens is 133 g/mol. The van der Waals surface area contributed by atoms with Crippen LogP contribution >= 0.6 is 0 Å². The van der Waals surface area contributed by atoms with Crippen molar-refractivity contribution in [1.82, 2.24) is 4.90 Å². The molecule has 0 radical (unpaired) electrons. The lowest BCUT2D eigenvalue weighted by Gasteiger charge is -2.33. The predicted octanol–water partition coefficient (Wildman–Crippen LogP) is 0.413. The van der Waals surface area contributed by atoms with Gasteiger partial charge in [-0.15, -0.1) is 0 Å². The van der Waals surface area contributed by atoms with Crippen LogP contribution in [0.4, 0.5) is 4.39 Å². The molecule has 60 valence electrons. The summed E-state index contributed by atoms with van der Waals surface area (Å²) in [6, 6.07) is 0. The van der Waals surface area contributed by atoms with Gasteiger partial charge in [0.2, 0.25) is 0 Å². The molecule has 0 unspecified atom stereocenters. The average molecular weight is 147 g/mol. The standard InChI is InChI=1S/C7H14FNO/c1-9-4-2-3-7(8,5-9)6-10/h10H,2-6H2,1H3/t7-/m1/s1. The van der Waals surface area contributed by atoms with Crippen molar-refractivity contribution in [3.8, 4) is 0 Å². The molecule has 1 atom stereocenters. The first-order valence-corrected chi connectivity index (χ1v) is 3.65. The van der Waals surface area contributed by atoms with E-state index in [0.717, 1.165) is 13.0 Å². The largest absolute Gasteiger partial charge is 0.393 e. The second-order valence-electron chi connectivity index (χ2n) is 3.15. The highest BCUT2D eigenvalue weighted by Gasteiger charge is 2.33. The number of aliphatic hydroxyl groups is 1. The van der Waals surface area contributed by atoms with E-state index in [1.54, 1.807) is 0 Å². The van der Waals surface area contributed by atoms with Crippen LogP contribution in [-0.4, -0.2) is 42.4 Å². The maximum atomic E-state index is 13.3. The lowest BCUT2D eigenvalue weighted by Crippen LogP contribution is -2.45. The van der Waals surface area contributed by atoms with E-state index in [4.69, 9.17) is 5.11 Å². The van der Waals surface area contributed by atoms with E-state index < -0.39 is 5.67 Å². The third-order valence-corrected chi connectivity index (χ3v) is 2.00. The van der Waals surface area contributed by atoms with Gasteiger partial charge < -0.3 is 10.0 Å². The molecule has 1 rings (SSSR count). The molecule has 0 aromatic carbocycles. The second kappa shape index (κ2) is 2.84. The van der Waals surface area contributed by atoms with Gasteiger partial charge in [-0.1, -0.05) is 0 Å². The molecule has 1 aliphatic rings. The smallest absolute Gasteiger partial charge is 0.146 e. The van der Waals surface area contributed by atoms with Gasteiger partial charge in [-0.05, 0) is 26.4 Å². The number of likely N-dealkylation sites (tertiary alicyclic amines) is 1. The first kappa shape index (κ1) is 7.95. The molecule has 2 nitrogen and oxygen atoms in total. The second-order valence-corrected chi connectivity index (χ2v) is 3.15. The third-order valence-electron chi connectivity index (χ3n) is 2.00. The van der Waals surface area contributed by atoms with Crippen LogP contribution in [0.5, 0.6) is 0 Å². The fraction of sp³-hybridized carbons (Fsp3) is 1.00. The van der Waals surface area contributed by atoms with Crippen LogP contribution in [-0.2, 0) is 0 Å². The highest BCUT2D eigenvalue weighted by molar-refractivity contribution is 4.85. The van der Waals surface area contributed by atoms with Crippen LogP contribution in [0.2, 0.25) is 0 Å². The van der Waals surface area contributed by atoms with Gasteiger partial charge in [0.15, 0.2) is 0 Å². The van der Waals surface area contributed by atoms with Crippen molar-refractivity contribution in [2.75, 3.05) is 26.7 Å². The van der Waals surface area contributed by atoms with E-state index in [-0.39, 0.29) is 6.61 Å². The van der Waals surface area contributed by atoms with Crippen molar-refractivity contribution >= 4 is 0 Å². The minimum absolute atomic E-state index is 0.336. The Morgan fingerprint density at radius 1 is 1.70 bits per heavy atom. The van der Waals surface area contributed by atoms with Crippen molar-refractivity contribution in [3.63, 3.8) is 0 Å². The summed E-state index contributed by atoms with van der Waals surface area (Å²) in [6.07, 6.45) is 1.36. The van der Waals surface area contributed by atoms with Crippen LogP contribution in [0.25, 0.3) is 0 Å². The Bertz CT molecular complexity index is 120. The summed E-state index contributed by atoms with van der Waals surface area (Å²) in [6.45, 7) is 0.993. The van der Waals surface area contributed by atoms with Gasteiger partial charge in [0.25, 0.3) is 0 Å². The van der Waals surface area contributed by atoms with E-state index in [1.807, 2.05) is 11.9 Å². The van der Waals surface area contributed by atoms with Gasteiger partial charge in [-0.25, -0.2) is 4.39 Å². The zero-order valence-corrected chi connectivity index (χ0v) is 6.31. The maximum Gasteiger partial charge on any atom is 0.146 e. The van der Waals surface area contributed by atoms with Crippen molar-refractivity contribution in [2.24, 2.45) is 0 Å². The Hall–Kier alpha value is -0.150. The summed E-state index contributed by atoms with van der Waals surface area (Å²) >= 11 is 0. The maximum absolute atomic E-state index is 13.3. The van der Waals surface area contributed by atoms with Crippen molar-refractivity contribution in [2.45, 2.75) is 18.5 Å². The van der Waals surface area contributed by atoms with E-state index in [0.29, 0.717) is 13.0 Å². The number of aliphatic hydroxyl groups excluding tert-OH is 1. The Labute approximate surface area is 60.6 Å². The SMILES string of the molecule is CN1CCC[C@](F)(CO)C1. The van der Waals surface area contributed by atoms with Crippen LogP contribution in [0.3, 0.4) is 0 Å². The number of piperidine rings is 1. The third kappa shape index (κ3) is 1.67. The number of alkyl halides is 1. The molecule has 10 heavy (non-hydrogen) atoms. The van der Waals surface area contributed by atoms with Gasteiger partial charge in [-0.2, -0.15) is 0 Å². The molecule has 0 aliphatic carbocycles. The Morgan fingerprint density at radius 3 is 2.80 bits per heavy atom. The summed E-state index contributed by atoms with van der Waals surface area (Å²) in [4.78, 5) is 1.92. The normalized spacial score (nSPS) is 36.3. The molecule has 1 N–H and O–H groups in total. The molecule has 1 fully saturated rings. The molecule has 0 bridgehead atoms. The summed E-state index contributed by atoms with van der Waals surface area (Å²) in [5.41, 5.74) is -1.33. The summed E-state index contributed by atoms with van der Waals surface area (Å²) in [7, 11) is 1.88. The fourth-order valence-corrected chi connectivity index (χ4v) is 1.44. The van der Waals surface area contributed by atoms with Crippen molar-refractivity contribution < 1.29 is 9.50 Å². The molecule has 1 aliphatic heterocycles. The summed E-state index contributed by atoms with van der Waals surface area (Å²) in [5, 5.41) is 8.67. The van der Waals surface area contributed by atoms with Gasteiger partial charge in [0.05, 0.1) is 6.61 Å². The first-order valence-electron chi connectivity index (χ1n) is 3.65. The lowest BCUT2D eigenvalue weighted by atomic mass is 9.96. The monoisotopic (exact) mass is 147 g/mol.